The molecule has 40 heavy (non-hydrogen) atoms. The highest BCUT2D eigenvalue weighted by atomic mass is 32.1. The van der Waals surface area contributed by atoms with E-state index in [2.05, 4.69) is 46.1 Å². The summed E-state index contributed by atoms with van der Waals surface area (Å²) in [5.41, 5.74) is 0.0125. The molecule has 0 saturated carbocycles. The lowest BCUT2D eigenvalue weighted by molar-refractivity contribution is 0.0961. The molecule has 0 atom stereocenters. The lowest BCUT2D eigenvalue weighted by atomic mass is 9.91. The lowest BCUT2D eigenvalue weighted by Crippen LogP contribution is -2.53. The summed E-state index contributed by atoms with van der Waals surface area (Å²) in [6, 6.07) is 10.4. The van der Waals surface area contributed by atoms with E-state index in [1.807, 2.05) is 6.07 Å². The third-order valence-electron chi connectivity index (χ3n) is 6.66. The molecular formula is C31H39N5O3S. The molecule has 0 aliphatic heterocycles. The molecule has 0 radical (unpaired) electrons. The predicted molar refractivity (Wildman–Crippen MR) is 163 cm³/mol. The van der Waals surface area contributed by atoms with Crippen LogP contribution >= 0.6 is 11.3 Å². The Morgan fingerprint density at radius 1 is 1.18 bits per heavy atom. The van der Waals surface area contributed by atoms with Crippen LogP contribution < -0.4 is 25.9 Å². The Balaban J connectivity index is 2.28. The molecule has 1 aromatic carbocycles. The van der Waals surface area contributed by atoms with Crippen LogP contribution in [-0.2, 0) is 5.41 Å². The summed E-state index contributed by atoms with van der Waals surface area (Å²) in [4.78, 5) is 35.1. The second-order valence-corrected chi connectivity index (χ2v) is 11.8. The van der Waals surface area contributed by atoms with Crippen LogP contribution in [0.4, 0.5) is 5.13 Å². The Bertz CT molecular complexity index is 1550. The molecule has 0 bridgehead atoms. The molecule has 2 heterocycles. The monoisotopic (exact) mass is 561 g/mol. The van der Waals surface area contributed by atoms with E-state index < -0.39 is 17.3 Å². The number of aromatic nitrogens is 2. The standard InChI is InChI=1S/C31H39N5O3S/c1-8-10-17-35(18-11-9-2)30-33-26(31(4,5)6)25(40-30)19-23-21(3)24(20-32)29(39)36(28(23)38)34(7)27(37)22-15-13-12-14-16-22/h12-16,19,39H,3,8-11,17-18H2,1-2,4-7H3/b23-19-. The van der Waals surface area contributed by atoms with Crippen LogP contribution in [0.3, 0.4) is 0 Å². The number of pyridine rings is 1. The number of rotatable bonds is 10. The van der Waals surface area contributed by atoms with Crippen molar-refractivity contribution in [3.05, 3.63) is 72.8 Å². The van der Waals surface area contributed by atoms with Crippen LogP contribution in [0.2, 0.25) is 0 Å². The smallest absolute Gasteiger partial charge is 0.280 e. The van der Waals surface area contributed by atoms with Gasteiger partial charge in [-0.3, -0.25) is 9.59 Å². The number of aromatic hydroxyl groups is 1. The van der Waals surface area contributed by atoms with E-state index in [-0.39, 0.29) is 21.4 Å². The maximum atomic E-state index is 13.8. The highest BCUT2D eigenvalue weighted by Crippen LogP contribution is 2.34. The number of hydrogen-bond acceptors (Lipinski definition) is 7. The maximum Gasteiger partial charge on any atom is 0.280 e. The summed E-state index contributed by atoms with van der Waals surface area (Å²) in [6.07, 6.45) is 5.94. The number of amides is 1. The van der Waals surface area contributed by atoms with Crippen molar-refractivity contribution >= 4 is 35.0 Å². The number of nitriles is 1. The summed E-state index contributed by atoms with van der Waals surface area (Å²) in [6.45, 7) is 16.3. The average molecular weight is 562 g/mol. The van der Waals surface area contributed by atoms with Gasteiger partial charge < -0.3 is 10.0 Å². The zero-order valence-corrected chi connectivity index (χ0v) is 25.1. The number of anilines is 1. The van der Waals surface area contributed by atoms with Crippen LogP contribution in [0.5, 0.6) is 5.88 Å². The first-order chi connectivity index (χ1) is 19.0. The molecule has 1 amide bonds. The first-order valence-corrected chi connectivity index (χ1v) is 14.5. The Labute approximate surface area is 240 Å². The number of unbranched alkanes of at least 4 members (excludes halogenated alkanes) is 2. The van der Waals surface area contributed by atoms with E-state index in [0.717, 1.165) is 64.2 Å². The molecule has 212 valence electrons. The minimum absolute atomic E-state index is 0.102. The Hall–Kier alpha value is -3.90. The van der Waals surface area contributed by atoms with Gasteiger partial charge in [0, 0.05) is 36.3 Å². The Kier molecular flexibility index (Phi) is 9.93. The minimum Gasteiger partial charge on any atom is -0.492 e. The summed E-state index contributed by atoms with van der Waals surface area (Å²) in [7, 11) is 1.38. The van der Waals surface area contributed by atoms with Gasteiger partial charge in [-0.25, -0.2) is 9.99 Å². The van der Waals surface area contributed by atoms with Gasteiger partial charge >= 0.3 is 0 Å². The fraction of sp³-hybridized carbons (Fsp3) is 0.419. The quantitative estimate of drug-likeness (QED) is 0.397. The molecule has 0 aliphatic carbocycles. The molecule has 0 unspecified atom stereocenters. The molecule has 2 aromatic heterocycles. The molecule has 9 heteroatoms. The normalized spacial score (nSPS) is 11.9. The Morgan fingerprint density at radius 2 is 1.77 bits per heavy atom. The van der Waals surface area contributed by atoms with Gasteiger partial charge in [-0.2, -0.15) is 9.94 Å². The fourth-order valence-electron chi connectivity index (χ4n) is 4.34. The zero-order chi connectivity index (χ0) is 29.6. The van der Waals surface area contributed by atoms with Crippen molar-refractivity contribution in [2.45, 2.75) is 65.7 Å². The molecule has 0 fully saturated rings. The van der Waals surface area contributed by atoms with Crippen molar-refractivity contribution < 1.29 is 9.90 Å². The summed E-state index contributed by atoms with van der Waals surface area (Å²) in [5, 5.41) is 22.9. The van der Waals surface area contributed by atoms with Gasteiger partial charge in [-0.05, 0) is 31.1 Å². The van der Waals surface area contributed by atoms with Gasteiger partial charge in [0.1, 0.15) is 11.6 Å². The highest BCUT2D eigenvalue weighted by Gasteiger charge is 2.26. The Morgan fingerprint density at radius 3 is 2.30 bits per heavy atom. The van der Waals surface area contributed by atoms with Crippen molar-refractivity contribution in [3.63, 3.8) is 0 Å². The molecular weight excluding hydrogens is 522 g/mol. The fourth-order valence-corrected chi connectivity index (χ4v) is 5.61. The van der Waals surface area contributed by atoms with Crippen molar-refractivity contribution in [1.29, 1.82) is 5.26 Å². The molecule has 0 saturated heterocycles. The van der Waals surface area contributed by atoms with Crippen LogP contribution in [0.15, 0.2) is 35.1 Å². The highest BCUT2D eigenvalue weighted by molar-refractivity contribution is 7.16. The molecule has 1 N–H and O–H groups in total. The van der Waals surface area contributed by atoms with Crippen molar-refractivity contribution in [3.8, 4) is 11.9 Å². The summed E-state index contributed by atoms with van der Waals surface area (Å²) in [5.74, 6) is -1.14. The predicted octanol–water partition coefficient (Wildman–Crippen LogP) is 4.23. The first kappa shape index (κ1) is 30.6. The third-order valence-corrected chi connectivity index (χ3v) is 7.73. The van der Waals surface area contributed by atoms with Gasteiger partial charge in [-0.15, -0.1) is 0 Å². The number of thiazole rings is 1. The zero-order valence-electron chi connectivity index (χ0n) is 24.3. The SMILES string of the molecule is C=c1c(C#N)c(O)n(N(C)C(=O)c2ccccc2)c(=O)/c1=C\c1sc(N(CCCC)CCCC)nc1C(C)(C)C. The largest absolute Gasteiger partial charge is 0.492 e. The number of benzene rings is 1. The molecule has 0 spiro atoms. The second-order valence-electron chi connectivity index (χ2n) is 10.8. The summed E-state index contributed by atoms with van der Waals surface area (Å²) >= 11 is 1.50. The van der Waals surface area contributed by atoms with Crippen molar-refractivity contribution in [2.75, 3.05) is 30.0 Å². The van der Waals surface area contributed by atoms with Crippen molar-refractivity contribution in [2.24, 2.45) is 0 Å². The number of nitrogens with zero attached hydrogens (tertiary/aromatic N) is 5. The number of carbonyl (C=O) groups is 1. The van der Waals surface area contributed by atoms with E-state index in [1.54, 1.807) is 36.4 Å². The van der Waals surface area contributed by atoms with Gasteiger partial charge in [0.25, 0.3) is 11.5 Å². The van der Waals surface area contributed by atoms with Crippen LogP contribution in [-0.4, -0.2) is 40.8 Å². The molecule has 3 aromatic rings. The molecule has 0 aliphatic rings. The average Bonchev–Trinajstić information content (AvgIpc) is 3.36. The molecule has 8 nitrogen and oxygen atoms in total. The van der Waals surface area contributed by atoms with Gasteiger partial charge in [0.05, 0.1) is 15.8 Å². The maximum absolute atomic E-state index is 13.8. The van der Waals surface area contributed by atoms with Crippen molar-refractivity contribution in [1.82, 2.24) is 9.66 Å². The minimum atomic E-state index is -0.656. The van der Waals surface area contributed by atoms with Gasteiger partial charge in [0.15, 0.2) is 5.13 Å². The van der Waals surface area contributed by atoms with E-state index in [9.17, 15) is 20.0 Å². The molecule has 3 rings (SSSR count). The van der Waals surface area contributed by atoms with Crippen LogP contribution in [0.1, 0.15) is 86.8 Å². The van der Waals surface area contributed by atoms with E-state index >= 15 is 0 Å². The van der Waals surface area contributed by atoms with Crippen LogP contribution in [0.25, 0.3) is 12.7 Å². The second kappa shape index (κ2) is 13.0. The van der Waals surface area contributed by atoms with E-state index in [0.29, 0.717) is 5.56 Å². The van der Waals surface area contributed by atoms with E-state index in [4.69, 9.17) is 4.98 Å². The number of carbonyl (C=O) groups excluding carboxylic acids is 1. The third kappa shape index (κ3) is 6.45. The topological polar surface area (TPSA) is 102 Å². The van der Waals surface area contributed by atoms with Crippen LogP contribution in [0, 0.1) is 11.3 Å². The first-order valence-electron chi connectivity index (χ1n) is 13.6. The number of hydrogen-bond donors (Lipinski definition) is 1. The lowest BCUT2D eigenvalue weighted by Gasteiger charge is -2.22. The van der Waals surface area contributed by atoms with Gasteiger partial charge in [-0.1, -0.05) is 83.6 Å². The van der Waals surface area contributed by atoms with Gasteiger partial charge in [0.2, 0.25) is 5.88 Å². The summed E-state index contributed by atoms with van der Waals surface area (Å²) < 4.78 is 0.835. The van der Waals surface area contributed by atoms with E-state index in [1.165, 1.54) is 18.4 Å².